The van der Waals surface area contributed by atoms with Crippen LogP contribution in [0.3, 0.4) is 0 Å². The second-order valence-corrected chi connectivity index (χ2v) is 8.76. The summed E-state index contributed by atoms with van der Waals surface area (Å²) >= 11 is 5.82. The van der Waals surface area contributed by atoms with Gasteiger partial charge in [-0.15, -0.1) is 0 Å². The van der Waals surface area contributed by atoms with Crippen LogP contribution >= 0.6 is 11.6 Å². The van der Waals surface area contributed by atoms with Crippen molar-refractivity contribution in [1.82, 2.24) is 10.2 Å². The summed E-state index contributed by atoms with van der Waals surface area (Å²) in [5, 5.41) is 10.1. The molecule has 156 valence electrons. The van der Waals surface area contributed by atoms with E-state index in [1.54, 1.807) is 36.5 Å². The van der Waals surface area contributed by atoms with Crippen molar-refractivity contribution >= 4 is 38.9 Å². The summed E-state index contributed by atoms with van der Waals surface area (Å²) in [4.78, 5) is 12.6. The van der Waals surface area contributed by atoms with Gasteiger partial charge < -0.3 is 5.32 Å². The Morgan fingerprint density at radius 3 is 2.32 bits per heavy atom. The van der Waals surface area contributed by atoms with Crippen LogP contribution in [0.25, 0.3) is 11.3 Å². The highest BCUT2D eigenvalue weighted by Crippen LogP contribution is 2.22. The minimum Gasteiger partial charge on any atom is -0.322 e. The van der Waals surface area contributed by atoms with Crippen molar-refractivity contribution in [3.63, 3.8) is 0 Å². The van der Waals surface area contributed by atoms with Crippen LogP contribution < -0.4 is 10.0 Å². The Morgan fingerprint density at radius 1 is 0.903 bits per heavy atom. The molecule has 1 aromatic heterocycles. The number of sulfonamides is 1. The molecule has 31 heavy (non-hydrogen) atoms. The number of carbonyl (C=O) groups is 1. The quantitative estimate of drug-likeness (QED) is 0.391. The summed E-state index contributed by atoms with van der Waals surface area (Å²) in [6, 6.07) is 21.2. The van der Waals surface area contributed by atoms with Gasteiger partial charge in [-0.1, -0.05) is 23.7 Å². The highest BCUT2D eigenvalue weighted by atomic mass is 35.5. The first-order valence-corrected chi connectivity index (χ1v) is 11.1. The summed E-state index contributed by atoms with van der Waals surface area (Å²) in [7, 11) is -3.79. The zero-order valence-corrected chi connectivity index (χ0v) is 17.6. The van der Waals surface area contributed by atoms with E-state index in [9.17, 15) is 13.2 Å². The first kappa shape index (κ1) is 20.6. The average molecular weight is 453 g/mol. The van der Waals surface area contributed by atoms with Crippen molar-refractivity contribution in [2.24, 2.45) is 0 Å². The third-order valence-corrected chi connectivity index (χ3v) is 6.10. The number of hydrogen-bond donors (Lipinski definition) is 3. The van der Waals surface area contributed by atoms with E-state index in [0.29, 0.717) is 22.0 Å². The molecule has 0 saturated heterocycles. The second kappa shape index (κ2) is 8.63. The fourth-order valence-electron chi connectivity index (χ4n) is 2.90. The number of halogens is 1. The number of amides is 1. The van der Waals surface area contributed by atoms with Crippen LogP contribution in [0.4, 0.5) is 11.4 Å². The lowest BCUT2D eigenvalue weighted by molar-refractivity contribution is 0.102. The summed E-state index contributed by atoms with van der Waals surface area (Å²) < 4.78 is 27.6. The lowest BCUT2D eigenvalue weighted by Crippen LogP contribution is -2.14. The molecular formula is C22H17ClN4O3S. The van der Waals surface area contributed by atoms with E-state index in [2.05, 4.69) is 20.2 Å². The van der Waals surface area contributed by atoms with Gasteiger partial charge in [-0.2, -0.15) is 5.10 Å². The second-order valence-electron chi connectivity index (χ2n) is 6.64. The van der Waals surface area contributed by atoms with Gasteiger partial charge in [-0.25, -0.2) is 8.42 Å². The maximum atomic E-state index is 12.6. The minimum absolute atomic E-state index is 0.0419. The molecule has 0 fully saturated rings. The van der Waals surface area contributed by atoms with E-state index in [1.807, 2.05) is 24.3 Å². The largest absolute Gasteiger partial charge is 0.322 e. The number of anilines is 2. The molecule has 4 aromatic rings. The Bertz CT molecular complexity index is 1300. The van der Waals surface area contributed by atoms with Crippen LogP contribution in [-0.4, -0.2) is 24.5 Å². The van der Waals surface area contributed by atoms with Crippen LogP contribution in [0.15, 0.2) is 90.0 Å². The maximum Gasteiger partial charge on any atom is 0.261 e. The Hall–Kier alpha value is -3.62. The van der Waals surface area contributed by atoms with E-state index >= 15 is 0 Å². The van der Waals surface area contributed by atoms with Gasteiger partial charge in [-0.05, 0) is 66.7 Å². The third kappa shape index (κ3) is 4.93. The Morgan fingerprint density at radius 2 is 1.65 bits per heavy atom. The van der Waals surface area contributed by atoms with Crippen molar-refractivity contribution in [1.29, 1.82) is 0 Å². The SMILES string of the molecule is O=C(Nc1cccc(-c2ccn[nH]2)c1)c1ccc(S(=O)(=O)Nc2ccc(Cl)cc2)cc1. The normalized spacial score (nSPS) is 11.1. The molecule has 0 atom stereocenters. The molecule has 4 rings (SSSR count). The van der Waals surface area contributed by atoms with Crippen molar-refractivity contribution in [2.45, 2.75) is 4.90 Å². The first-order valence-electron chi connectivity index (χ1n) is 9.20. The van der Waals surface area contributed by atoms with E-state index in [0.717, 1.165) is 11.3 Å². The summed E-state index contributed by atoms with van der Waals surface area (Å²) in [5.74, 6) is -0.351. The summed E-state index contributed by atoms with van der Waals surface area (Å²) in [5.41, 5.74) is 3.04. The van der Waals surface area contributed by atoms with Gasteiger partial charge in [0.1, 0.15) is 0 Å². The zero-order chi connectivity index (χ0) is 21.8. The third-order valence-electron chi connectivity index (χ3n) is 4.46. The number of rotatable bonds is 6. The number of H-pyrrole nitrogens is 1. The van der Waals surface area contributed by atoms with Crippen LogP contribution in [-0.2, 0) is 10.0 Å². The standard InChI is InChI=1S/C22H17ClN4O3S/c23-17-6-8-18(9-7-17)27-31(29,30)20-10-4-15(5-11-20)22(28)25-19-3-1-2-16(14-19)21-12-13-24-26-21/h1-14,27H,(H,24,26)(H,25,28). The molecule has 0 aliphatic rings. The fourth-order valence-corrected chi connectivity index (χ4v) is 4.09. The maximum absolute atomic E-state index is 12.6. The number of nitrogens with zero attached hydrogens (tertiary/aromatic N) is 1. The van der Waals surface area contributed by atoms with Crippen LogP contribution in [0.5, 0.6) is 0 Å². The molecule has 0 unspecified atom stereocenters. The van der Waals surface area contributed by atoms with Gasteiger partial charge in [0.25, 0.3) is 15.9 Å². The lowest BCUT2D eigenvalue weighted by Gasteiger charge is -2.10. The molecule has 7 nitrogen and oxygen atoms in total. The summed E-state index contributed by atoms with van der Waals surface area (Å²) in [6.45, 7) is 0. The van der Waals surface area contributed by atoms with Gasteiger partial charge in [0, 0.05) is 33.7 Å². The number of benzene rings is 3. The molecule has 0 saturated carbocycles. The van der Waals surface area contributed by atoms with Gasteiger partial charge in [0.2, 0.25) is 0 Å². The number of aromatic nitrogens is 2. The highest BCUT2D eigenvalue weighted by Gasteiger charge is 2.15. The van der Waals surface area contributed by atoms with Crippen LogP contribution in [0, 0.1) is 0 Å². The van der Waals surface area contributed by atoms with E-state index in [4.69, 9.17) is 11.6 Å². The Kier molecular flexibility index (Phi) is 5.75. The number of aromatic amines is 1. The molecule has 0 aliphatic heterocycles. The summed E-state index contributed by atoms with van der Waals surface area (Å²) in [6.07, 6.45) is 1.65. The molecule has 0 bridgehead atoms. The number of carbonyl (C=O) groups excluding carboxylic acids is 1. The lowest BCUT2D eigenvalue weighted by atomic mass is 10.1. The average Bonchev–Trinajstić information content (AvgIpc) is 3.31. The zero-order valence-electron chi connectivity index (χ0n) is 16.0. The predicted molar refractivity (Wildman–Crippen MR) is 121 cm³/mol. The van der Waals surface area contributed by atoms with Gasteiger partial charge >= 0.3 is 0 Å². The van der Waals surface area contributed by atoms with Gasteiger partial charge in [0.05, 0.1) is 10.6 Å². The Labute approximate surface area is 184 Å². The minimum atomic E-state index is -3.79. The number of nitrogens with one attached hydrogen (secondary N) is 3. The molecule has 9 heteroatoms. The van der Waals surface area contributed by atoms with Crippen LogP contribution in [0.2, 0.25) is 5.02 Å². The fraction of sp³-hybridized carbons (Fsp3) is 0. The Balaban J connectivity index is 1.47. The molecule has 1 heterocycles. The topological polar surface area (TPSA) is 104 Å². The molecule has 0 aliphatic carbocycles. The van der Waals surface area contributed by atoms with Gasteiger partial charge in [-0.3, -0.25) is 14.6 Å². The molecule has 0 spiro atoms. The van der Waals surface area contributed by atoms with Gasteiger partial charge in [0.15, 0.2) is 0 Å². The smallest absolute Gasteiger partial charge is 0.261 e. The van der Waals surface area contributed by atoms with E-state index < -0.39 is 10.0 Å². The van der Waals surface area contributed by atoms with Crippen molar-refractivity contribution in [3.8, 4) is 11.3 Å². The van der Waals surface area contributed by atoms with E-state index in [-0.39, 0.29) is 10.8 Å². The molecule has 1 amide bonds. The van der Waals surface area contributed by atoms with E-state index in [1.165, 1.54) is 24.3 Å². The number of hydrogen-bond acceptors (Lipinski definition) is 4. The first-order chi connectivity index (χ1) is 14.9. The molecule has 0 radical (unpaired) electrons. The molecular weight excluding hydrogens is 436 g/mol. The van der Waals surface area contributed by atoms with Crippen molar-refractivity contribution in [2.75, 3.05) is 10.0 Å². The molecule has 3 aromatic carbocycles. The highest BCUT2D eigenvalue weighted by molar-refractivity contribution is 7.92. The predicted octanol–water partition coefficient (Wildman–Crippen LogP) is 4.78. The van der Waals surface area contributed by atoms with Crippen LogP contribution in [0.1, 0.15) is 10.4 Å². The van der Waals surface area contributed by atoms with Crippen molar-refractivity contribution in [3.05, 3.63) is 95.6 Å². The molecule has 3 N–H and O–H groups in total. The van der Waals surface area contributed by atoms with Crippen molar-refractivity contribution < 1.29 is 13.2 Å². The monoisotopic (exact) mass is 452 g/mol.